The average Bonchev–Trinajstić information content (AvgIpc) is 2.81. The number of hydrogen-bond acceptors (Lipinski definition) is 7. The Bertz CT molecular complexity index is 915. The van der Waals surface area contributed by atoms with Crippen LogP contribution in [0.3, 0.4) is 0 Å². The normalized spacial score (nSPS) is 13.5. The summed E-state index contributed by atoms with van der Waals surface area (Å²) in [7, 11) is 3.13. The number of hydrogen-bond donors (Lipinski definition) is 1. The maximum absolute atomic E-state index is 13.1. The second-order valence-electron chi connectivity index (χ2n) is 7.24. The topological polar surface area (TPSA) is 78.5 Å². The van der Waals surface area contributed by atoms with Gasteiger partial charge in [0.25, 0.3) is 5.91 Å². The van der Waals surface area contributed by atoms with Crippen molar-refractivity contribution in [3.8, 4) is 23.0 Å². The fourth-order valence-corrected chi connectivity index (χ4v) is 3.66. The van der Waals surface area contributed by atoms with E-state index in [1.807, 2.05) is 32.9 Å². The summed E-state index contributed by atoms with van der Waals surface area (Å²) < 4.78 is 28.1. The predicted octanol–water partition coefficient (Wildman–Crippen LogP) is 3.90. The summed E-state index contributed by atoms with van der Waals surface area (Å²) in [5.74, 6) is 2.13. The van der Waals surface area contributed by atoms with Crippen molar-refractivity contribution >= 4 is 17.3 Å². The number of morpholine rings is 1. The zero-order chi connectivity index (χ0) is 23.1. The monoisotopic (exact) mass is 444 g/mol. The molecule has 8 heteroatoms. The van der Waals surface area contributed by atoms with Gasteiger partial charge in [0, 0.05) is 36.3 Å². The standard InChI is InChI=1S/C24H32N2O6/c1-6-31-22-15-19(26-8-10-30-11-9-26)23(32-7-2)14-18(22)25-24(27)17-12-20(28-4)16(3)21(13-17)29-5/h12-15H,6-11H2,1-5H3,(H,25,27). The van der Waals surface area contributed by atoms with Crippen molar-refractivity contribution in [1.82, 2.24) is 0 Å². The van der Waals surface area contributed by atoms with Crippen LogP contribution in [0.15, 0.2) is 24.3 Å². The molecule has 1 N–H and O–H groups in total. The van der Waals surface area contributed by atoms with Gasteiger partial charge in [-0.25, -0.2) is 0 Å². The molecular formula is C24H32N2O6. The molecule has 1 aliphatic rings. The van der Waals surface area contributed by atoms with E-state index in [4.69, 9.17) is 23.7 Å². The Morgan fingerprint density at radius 3 is 2.09 bits per heavy atom. The Morgan fingerprint density at radius 2 is 1.53 bits per heavy atom. The first-order valence-corrected chi connectivity index (χ1v) is 10.8. The molecule has 0 aliphatic carbocycles. The second kappa shape index (κ2) is 10.9. The van der Waals surface area contributed by atoms with Crippen LogP contribution in [0.1, 0.15) is 29.8 Å². The van der Waals surface area contributed by atoms with Gasteiger partial charge in [0.2, 0.25) is 0 Å². The third-order valence-corrected chi connectivity index (χ3v) is 5.28. The third kappa shape index (κ3) is 5.19. The van der Waals surface area contributed by atoms with Crippen LogP contribution in [0.2, 0.25) is 0 Å². The highest BCUT2D eigenvalue weighted by molar-refractivity contribution is 6.06. The van der Waals surface area contributed by atoms with E-state index >= 15 is 0 Å². The molecule has 0 atom stereocenters. The van der Waals surface area contributed by atoms with Crippen molar-refractivity contribution in [3.05, 3.63) is 35.4 Å². The lowest BCUT2D eigenvalue weighted by molar-refractivity contribution is 0.102. The van der Waals surface area contributed by atoms with Gasteiger partial charge in [-0.3, -0.25) is 4.79 Å². The quantitative estimate of drug-likeness (QED) is 0.628. The van der Waals surface area contributed by atoms with E-state index < -0.39 is 0 Å². The van der Waals surface area contributed by atoms with Gasteiger partial charge in [0.15, 0.2) is 0 Å². The molecule has 1 saturated heterocycles. The van der Waals surface area contributed by atoms with Crippen molar-refractivity contribution < 1.29 is 28.5 Å². The summed E-state index contributed by atoms with van der Waals surface area (Å²) >= 11 is 0. The van der Waals surface area contributed by atoms with Gasteiger partial charge < -0.3 is 33.9 Å². The molecule has 174 valence electrons. The highest BCUT2D eigenvalue weighted by atomic mass is 16.5. The number of rotatable bonds is 9. The SMILES string of the molecule is CCOc1cc(N2CCOCC2)c(OCC)cc1NC(=O)c1cc(OC)c(C)c(OC)c1. The molecule has 0 radical (unpaired) electrons. The summed E-state index contributed by atoms with van der Waals surface area (Å²) in [6.45, 7) is 9.54. The Hall–Kier alpha value is -3.13. The summed E-state index contributed by atoms with van der Waals surface area (Å²) in [5.41, 5.74) is 2.71. The van der Waals surface area contributed by atoms with Crippen LogP contribution in [0.25, 0.3) is 0 Å². The van der Waals surface area contributed by atoms with Crippen LogP contribution in [-0.2, 0) is 4.74 Å². The summed E-state index contributed by atoms with van der Waals surface area (Å²) in [6.07, 6.45) is 0. The van der Waals surface area contributed by atoms with Gasteiger partial charge in [0.1, 0.15) is 23.0 Å². The molecule has 0 saturated carbocycles. The number of carbonyl (C=O) groups excluding carboxylic acids is 1. The molecule has 2 aromatic rings. The minimum Gasteiger partial charge on any atom is -0.496 e. The highest BCUT2D eigenvalue weighted by Gasteiger charge is 2.21. The molecule has 0 aromatic heterocycles. The van der Waals surface area contributed by atoms with Gasteiger partial charge in [-0.2, -0.15) is 0 Å². The number of ether oxygens (including phenoxy) is 5. The molecule has 0 bridgehead atoms. The van der Waals surface area contributed by atoms with E-state index in [2.05, 4.69) is 10.2 Å². The van der Waals surface area contributed by atoms with Crippen LogP contribution in [-0.4, -0.2) is 59.6 Å². The minimum atomic E-state index is -0.302. The smallest absolute Gasteiger partial charge is 0.256 e. The fourth-order valence-electron chi connectivity index (χ4n) is 3.66. The first-order valence-electron chi connectivity index (χ1n) is 10.8. The van der Waals surface area contributed by atoms with Gasteiger partial charge in [-0.15, -0.1) is 0 Å². The molecule has 1 heterocycles. The summed E-state index contributed by atoms with van der Waals surface area (Å²) in [4.78, 5) is 15.3. The lowest BCUT2D eigenvalue weighted by Gasteiger charge is -2.31. The van der Waals surface area contributed by atoms with Crippen molar-refractivity contribution in [1.29, 1.82) is 0 Å². The van der Waals surface area contributed by atoms with Gasteiger partial charge in [-0.05, 0) is 32.9 Å². The van der Waals surface area contributed by atoms with E-state index in [1.165, 1.54) is 0 Å². The van der Waals surface area contributed by atoms with Crippen molar-refractivity contribution in [2.24, 2.45) is 0 Å². The van der Waals surface area contributed by atoms with Crippen LogP contribution in [0, 0.1) is 6.92 Å². The average molecular weight is 445 g/mol. The first-order chi connectivity index (χ1) is 15.5. The van der Waals surface area contributed by atoms with Gasteiger partial charge in [-0.1, -0.05) is 0 Å². The van der Waals surface area contributed by atoms with Gasteiger partial charge in [0.05, 0.1) is 52.0 Å². The number of nitrogens with one attached hydrogen (secondary N) is 1. The molecule has 8 nitrogen and oxygen atoms in total. The Morgan fingerprint density at radius 1 is 0.938 bits per heavy atom. The zero-order valence-corrected chi connectivity index (χ0v) is 19.4. The molecule has 0 unspecified atom stereocenters. The van der Waals surface area contributed by atoms with E-state index in [-0.39, 0.29) is 5.91 Å². The molecule has 32 heavy (non-hydrogen) atoms. The molecule has 1 fully saturated rings. The molecule has 3 rings (SSSR count). The number of benzene rings is 2. The molecule has 1 amide bonds. The second-order valence-corrected chi connectivity index (χ2v) is 7.24. The van der Waals surface area contributed by atoms with Crippen molar-refractivity contribution in [2.75, 3.05) is 64.0 Å². The Labute approximate surface area is 189 Å². The number of carbonyl (C=O) groups is 1. The fraction of sp³-hybridized carbons (Fsp3) is 0.458. The summed E-state index contributed by atoms with van der Waals surface area (Å²) in [5, 5.41) is 2.96. The molecule has 0 spiro atoms. The lowest BCUT2D eigenvalue weighted by Crippen LogP contribution is -2.36. The molecule has 1 aliphatic heterocycles. The lowest BCUT2D eigenvalue weighted by atomic mass is 10.1. The number of methoxy groups -OCH3 is 2. The van der Waals surface area contributed by atoms with E-state index in [0.717, 1.165) is 24.3 Å². The predicted molar refractivity (Wildman–Crippen MR) is 124 cm³/mol. The number of amides is 1. The number of nitrogens with zero attached hydrogens (tertiary/aromatic N) is 1. The summed E-state index contributed by atoms with van der Waals surface area (Å²) in [6, 6.07) is 7.13. The van der Waals surface area contributed by atoms with E-state index in [9.17, 15) is 4.79 Å². The molecular weight excluding hydrogens is 412 g/mol. The molecule has 2 aromatic carbocycles. The third-order valence-electron chi connectivity index (χ3n) is 5.28. The van der Waals surface area contributed by atoms with Crippen molar-refractivity contribution in [2.45, 2.75) is 20.8 Å². The first kappa shape index (κ1) is 23.5. The van der Waals surface area contributed by atoms with E-state index in [1.54, 1.807) is 26.4 Å². The van der Waals surface area contributed by atoms with Crippen LogP contribution < -0.4 is 29.2 Å². The minimum absolute atomic E-state index is 0.302. The van der Waals surface area contributed by atoms with E-state index in [0.29, 0.717) is 60.7 Å². The Kier molecular flexibility index (Phi) is 8.05. The van der Waals surface area contributed by atoms with Crippen LogP contribution in [0.5, 0.6) is 23.0 Å². The largest absolute Gasteiger partial charge is 0.496 e. The number of anilines is 2. The van der Waals surface area contributed by atoms with Gasteiger partial charge >= 0.3 is 0 Å². The maximum Gasteiger partial charge on any atom is 0.256 e. The zero-order valence-electron chi connectivity index (χ0n) is 19.4. The van der Waals surface area contributed by atoms with Crippen LogP contribution in [0.4, 0.5) is 11.4 Å². The Balaban J connectivity index is 1.97. The highest BCUT2D eigenvalue weighted by Crippen LogP contribution is 2.40. The van der Waals surface area contributed by atoms with Crippen molar-refractivity contribution in [3.63, 3.8) is 0 Å². The van der Waals surface area contributed by atoms with Crippen LogP contribution >= 0.6 is 0 Å². The maximum atomic E-state index is 13.1.